The van der Waals surface area contributed by atoms with Crippen molar-refractivity contribution in [1.82, 2.24) is 0 Å². The second-order valence-electron chi connectivity index (χ2n) is 8.78. The van der Waals surface area contributed by atoms with Crippen LogP contribution in [0.5, 0.6) is 5.75 Å². The van der Waals surface area contributed by atoms with Crippen LogP contribution in [-0.4, -0.2) is 28.9 Å². The summed E-state index contributed by atoms with van der Waals surface area (Å²) < 4.78 is 18.7. The quantitative estimate of drug-likeness (QED) is 0.119. The zero-order valence-electron chi connectivity index (χ0n) is 18.6. The van der Waals surface area contributed by atoms with Crippen molar-refractivity contribution in [1.29, 1.82) is 0 Å². The Morgan fingerprint density at radius 3 is 2.32 bits per heavy atom. The van der Waals surface area contributed by atoms with E-state index in [-0.39, 0.29) is 17.0 Å². The van der Waals surface area contributed by atoms with E-state index in [1.807, 2.05) is 26.0 Å². The molecule has 0 saturated heterocycles. The molecule has 2 aromatic carbocycles. The minimum absolute atomic E-state index is 0.0864. The smallest absolute Gasteiger partial charge is 0.344 e. The lowest BCUT2D eigenvalue weighted by Gasteiger charge is -2.17. The van der Waals surface area contributed by atoms with Gasteiger partial charge in [0.25, 0.3) is 5.69 Å². The molecule has 166 valence electrons. The number of carbonyl (C=O) groups excluding carboxylic acids is 1. The first kappa shape index (κ1) is 24.7. The molecule has 6 nitrogen and oxygen atoms in total. The minimum atomic E-state index is -1.40. The molecule has 0 saturated carbocycles. The molecule has 8 heteroatoms. The van der Waals surface area contributed by atoms with Crippen LogP contribution in [0.25, 0.3) is 0 Å². The lowest BCUT2D eigenvalue weighted by atomic mass is 10.1. The summed E-state index contributed by atoms with van der Waals surface area (Å²) in [5, 5.41) is 10.8. The van der Waals surface area contributed by atoms with E-state index < -0.39 is 29.8 Å². The predicted octanol–water partition coefficient (Wildman–Crippen LogP) is 5.77. The van der Waals surface area contributed by atoms with Gasteiger partial charge in [0.05, 0.1) is 26.2 Å². The number of hydrogen-bond acceptors (Lipinski definition) is 5. The zero-order valence-corrected chi connectivity index (χ0v) is 20.5. The molecule has 0 heterocycles. The number of nitro benzene ring substituents is 1. The molecule has 0 radical (unpaired) electrons. The van der Waals surface area contributed by atoms with Gasteiger partial charge in [-0.1, -0.05) is 43.4 Å². The average molecular weight is 460 g/mol. The number of non-ortho nitro benzene ring substituents is 1. The van der Waals surface area contributed by atoms with Gasteiger partial charge < -0.3 is 4.74 Å². The van der Waals surface area contributed by atoms with Gasteiger partial charge in [-0.3, -0.25) is 14.3 Å². The number of rotatable bonds is 9. The Hall–Kier alpha value is -2.58. The Morgan fingerprint density at radius 2 is 1.77 bits per heavy atom. The monoisotopic (exact) mass is 459 g/mol. The molecular formula is C23H29NO5SSi. The molecule has 0 N–H and O–H groups in total. The van der Waals surface area contributed by atoms with Crippen LogP contribution in [0.4, 0.5) is 5.69 Å². The van der Waals surface area contributed by atoms with Gasteiger partial charge in [0.15, 0.2) is 0 Å². The van der Waals surface area contributed by atoms with Crippen molar-refractivity contribution in [3.05, 3.63) is 75.4 Å². The molecule has 0 spiro atoms. The summed E-state index contributed by atoms with van der Waals surface area (Å²) in [6.45, 7) is 10.7. The van der Waals surface area contributed by atoms with E-state index in [9.17, 15) is 19.1 Å². The van der Waals surface area contributed by atoms with Crippen molar-refractivity contribution in [3.63, 3.8) is 0 Å². The topological polar surface area (TPSA) is 86.5 Å². The molecule has 1 unspecified atom stereocenters. The van der Waals surface area contributed by atoms with Gasteiger partial charge in [-0.25, -0.2) is 4.79 Å². The molecule has 2 aromatic rings. The highest BCUT2D eigenvalue weighted by molar-refractivity contribution is 7.85. The predicted molar refractivity (Wildman–Crippen MR) is 127 cm³/mol. The first-order valence-electron chi connectivity index (χ1n) is 10.1. The van der Waals surface area contributed by atoms with E-state index in [0.29, 0.717) is 17.1 Å². The van der Waals surface area contributed by atoms with E-state index >= 15 is 0 Å². The number of esters is 1. The molecule has 0 aliphatic rings. The summed E-state index contributed by atoms with van der Waals surface area (Å²) in [5.41, 5.74) is 2.16. The van der Waals surface area contributed by atoms with Crippen LogP contribution in [0, 0.1) is 10.1 Å². The third kappa shape index (κ3) is 7.56. The molecule has 0 aliphatic heterocycles. The van der Waals surface area contributed by atoms with E-state index in [2.05, 4.69) is 19.6 Å². The Balaban J connectivity index is 2.38. The first-order valence-corrected chi connectivity index (χ1v) is 15.1. The number of nitrogens with zero attached hydrogens (tertiary/aromatic N) is 1. The fraction of sp³-hybridized carbons (Fsp3) is 0.348. The van der Waals surface area contributed by atoms with Crippen molar-refractivity contribution >= 4 is 30.5 Å². The largest absolute Gasteiger partial charge is 0.423 e. The lowest BCUT2D eigenvalue weighted by molar-refractivity contribution is -0.384. The van der Waals surface area contributed by atoms with Gasteiger partial charge in [-0.15, -0.1) is 0 Å². The van der Waals surface area contributed by atoms with Crippen LogP contribution in [0.2, 0.25) is 25.7 Å². The maximum absolute atomic E-state index is 13.3. The average Bonchev–Trinajstić information content (AvgIpc) is 2.69. The third-order valence-corrected chi connectivity index (χ3v) is 8.19. The first-order chi connectivity index (χ1) is 14.5. The number of carbonyl (C=O) groups is 1. The van der Waals surface area contributed by atoms with Crippen LogP contribution >= 0.6 is 0 Å². The summed E-state index contributed by atoms with van der Waals surface area (Å²) in [7, 11) is -2.74. The fourth-order valence-electron chi connectivity index (χ4n) is 2.79. The molecule has 0 aromatic heterocycles. The molecule has 0 bridgehead atoms. The molecule has 2 rings (SSSR count). The van der Waals surface area contributed by atoms with Gasteiger partial charge in [-0.2, -0.15) is 0 Å². The van der Waals surface area contributed by atoms with Crippen LogP contribution in [0.1, 0.15) is 29.8 Å². The summed E-state index contributed by atoms with van der Waals surface area (Å²) in [5.74, 6) is 0.0766. The maximum Gasteiger partial charge on any atom is 0.344 e. The third-order valence-electron chi connectivity index (χ3n) is 4.57. The number of hydrogen-bond donors (Lipinski definition) is 0. The molecule has 0 amide bonds. The number of benzene rings is 2. The second-order valence-corrected chi connectivity index (χ2v) is 15.9. The van der Waals surface area contributed by atoms with Gasteiger partial charge in [0.2, 0.25) is 0 Å². The molecular weight excluding hydrogens is 430 g/mol. The van der Waals surface area contributed by atoms with Crippen LogP contribution in [-0.2, 0) is 17.2 Å². The summed E-state index contributed by atoms with van der Waals surface area (Å²) in [4.78, 5) is 23.8. The Labute approximate surface area is 186 Å². The summed E-state index contributed by atoms with van der Waals surface area (Å²) in [6.07, 6.45) is 2.62. The highest BCUT2D eigenvalue weighted by Crippen LogP contribution is 2.25. The van der Waals surface area contributed by atoms with E-state index in [0.717, 1.165) is 17.2 Å². The SMILES string of the molecule is CC(C)=CCc1cccc(C(=O)Oc2ccc([N+](=O)[O-])cc2)c1S(=O)CC[Si](C)(C)C. The highest BCUT2D eigenvalue weighted by atomic mass is 32.2. The zero-order chi connectivity index (χ0) is 23.2. The molecule has 0 fully saturated rings. The maximum atomic E-state index is 13.3. The summed E-state index contributed by atoms with van der Waals surface area (Å²) in [6, 6.07) is 11.5. The van der Waals surface area contributed by atoms with Crippen LogP contribution in [0.15, 0.2) is 59.0 Å². The van der Waals surface area contributed by atoms with E-state index in [1.165, 1.54) is 24.3 Å². The van der Waals surface area contributed by atoms with Crippen molar-refractivity contribution in [2.24, 2.45) is 0 Å². The number of allylic oxidation sites excluding steroid dienone is 2. The van der Waals surface area contributed by atoms with Crippen LogP contribution < -0.4 is 4.74 Å². The van der Waals surface area contributed by atoms with Crippen LogP contribution in [0.3, 0.4) is 0 Å². The molecule has 1 atom stereocenters. The van der Waals surface area contributed by atoms with Gasteiger partial charge >= 0.3 is 5.97 Å². The van der Waals surface area contributed by atoms with E-state index in [4.69, 9.17) is 4.74 Å². The Bertz CT molecular complexity index is 1010. The standard InChI is InChI=1S/C23H29NO5SSi/c1-17(2)9-10-18-7-6-8-21(22(18)30(28)15-16-31(3,4)5)23(25)29-20-13-11-19(12-14-20)24(26)27/h6-9,11-14H,10,15-16H2,1-5H3. The molecule has 0 aliphatic carbocycles. The van der Waals surface area contributed by atoms with Crippen molar-refractivity contribution in [3.8, 4) is 5.75 Å². The second kappa shape index (κ2) is 10.6. The lowest BCUT2D eigenvalue weighted by Crippen LogP contribution is -2.23. The van der Waals surface area contributed by atoms with Gasteiger partial charge in [0.1, 0.15) is 5.75 Å². The molecule has 31 heavy (non-hydrogen) atoms. The Morgan fingerprint density at radius 1 is 1.13 bits per heavy atom. The minimum Gasteiger partial charge on any atom is -0.423 e. The van der Waals surface area contributed by atoms with Crippen molar-refractivity contribution < 1.29 is 18.7 Å². The normalized spacial score (nSPS) is 12.2. The number of nitro groups is 1. The van der Waals surface area contributed by atoms with Gasteiger partial charge in [0, 0.05) is 26.0 Å². The Kier molecular flexibility index (Phi) is 8.47. The highest BCUT2D eigenvalue weighted by Gasteiger charge is 2.23. The number of ether oxygens (including phenoxy) is 1. The summed E-state index contributed by atoms with van der Waals surface area (Å²) >= 11 is 0. The van der Waals surface area contributed by atoms with Crippen molar-refractivity contribution in [2.75, 3.05) is 5.75 Å². The van der Waals surface area contributed by atoms with E-state index in [1.54, 1.807) is 12.1 Å². The van der Waals surface area contributed by atoms with Gasteiger partial charge in [-0.05, 0) is 50.1 Å². The fourth-order valence-corrected chi connectivity index (χ4v) is 7.02. The van der Waals surface area contributed by atoms with Crippen molar-refractivity contribution in [2.45, 2.75) is 50.8 Å².